The van der Waals surface area contributed by atoms with Gasteiger partial charge in [-0.2, -0.15) is 5.26 Å². The average Bonchev–Trinajstić information content (AvgIpc) is 2.52. The summed E-state index contributed by atoms with van der Waals surface area (Å²) in [6.45, 7) is 2.88. The van der Waals surface area contributed by atoms with Gasteiger partial charge in [-0.1, -0.05) is 11.6 Å². The molecule has 0 saturated heterocycles. The lowest BCUT2D eigenvalue weighted by Gasteiger charge is -2.13. The van der Waals surface area contributed by atoms with Crippen molar-refractivity contribution in [1.82, 2.24) is 4.57 Å². The Kier molecular flexibility index (Phi) is 4.96. The number of carbonyl (C=O) groups is 1. The van der Waals surface area contributed by atoms with Gasteiger partial charge >= 0.3 is 0 Å². The van der Waals surface area contributed by atoms with Gasteiger partial charge in [-0.25, -0.2) is 0 Å². The fraction of sp³-hybridized carbons (Fsp3) is 0.235. The molecule has 2 aromatic rings. The van der Waals surface area contributed by atoms with E-state index < -0.39 is 17.2 Å². The quantitative estimate of drug-likeness (QED) is 0.858. The summed E-state index contributed by atoms with van der Waals surface area (Å²) in [5.74, 6) is -0.542. The number of nitrogens with zero attached hydrogens (tertiary/aromatic N) is 2. The van der Waals surface area contributed by atoms with Crippen LogP contribution in [0.2, 0.25) is 5.02 Å². The fourth-order valence-electron chi connectivity index (χ4n) is 2.34. The van der Waals surface area contributed by atoms with Gasteiger partial charge in [0, 0.05) is 12.1 Å². The third-order valence-corrected chi connectivity index (χ3v) is 3.93. The second-order valence-corrected chi connectivity index (χ2v) is 5.73. The van der Waals surface area contributed by atoms with E-state index in [1.54, 1.807) is 31.2 Å². The summed E-state index contributed by atoms with van der Waals surface area (Å²) in [5, 5.41) is 19.7. The van der Waals surface area contributed by atoms with E-state index in [1.165, 1.54) is 14.0 Å². The van der Waals surface area contributed by atoms with Crippen molar-refractivity contribution < 1.29 is 14.6 Å². The van der Waals surface area contributed by atoms with E-state index in [9.17, 15) is 14.7 Å². The van der Waals surface area contributed by atoms with Gasteiger partial charge < -0.3 is 9.84 Å². The molecule has 0 radical (unpaired) electrons. The van der Waals surface area contributed by atoms with Crippen molar-refractivity contribution in [3.63, 3.8) is 0 Å². The van der Waals surface area contributed by atoms with Crippen molar-refractivity contribution in [1.29, 1.82) is 5.26 Å². The molecule has 2 rings (SSSR count). The number of benzene rings is 1. The monoisotopic (exact) mass is 346 g/mol. The van der Waals surface area contributed by atoms with Gasteiger partial charge in [-0.3, -0.25) is 14.2 Å². The second kappa shape index (κ2) is 6.77. The first kappa shape index (κ1) is 17.6. The molecule has 0 unspecified atom stereocenters. The number of aromatic hydroxyl groups is 1. The zero-order chi connectivity index (χ0) is 18.0. The molecule has 124 valence electrons. The third-order valence-electron chi connectivity index (χ3n) is 3.70. The number of ketones is 1. The van der Waals surface area contributed by atoms with Crippen LogP contribution in [0.15, 0.2) is 23.0 Å². The van der Waals surface area contributed by atoms with Crippen LogP contribution < -0.4 is 10.3 Å². The van der Waals surface area contributed by atoms with Crippen LogP contribution in [0.5, 0.6) is 11.6 Å². The molecule has 0 bridgehead atoms. The molecule has 7 heteroatoms. The Labute approximate surface area is 143 Å². The van der Waals surface area contributed by atoms with Crippen LogP contribution in [-0.4, -0.2) is 22.1 Å². The van der Waals surface area contributed by atoms with Crippen molar-refractivity contribution in [2.45, 2.75) is 13.8 Å². The van der Waals surface area contributed by atoms with E-state index in [0.29, 0.717) is 10.8 Å². The molecule has 0 spiro atoms. The Morgan fingerprint density at radius 3 is 2.67 bits per heavy atom. The molecule has 0 atom stereocenters. The maximum absolute atomic E-state index is 12.4. The molecule has 1 heterocycles. The Balaban J connectivity index is 2.36. The standard InChI is InChI=1S/C17H15ClN2O4/c1-9-6-11(18)4-5-14(9)24-8-13(21)15-10(2)12(7-19)16(22)20(3)17(15)23/h4-6,23H,8H2,1-3H3. The Morgan fingerprint density at radius 1 is 1.42 bits per heavy atom. The maximum Gasteiger partial charge on any atom is 0.271 e. The largest absolute Gasteiger partial charge is 0.494 e. The summed E-state index contributed by atoms with van der Waals surface area (Å²) in [5.41, 5.74) is -0.0333. The predicted octanol–water partition coefficient (Wildman–Crippen LogP) is 2.49. The number of pyridine rings is 1. The lowest BCUT2D eigenvalue weighted by molar-refractivity contribution is 0.0916. The highest BCUT2D eigenvalue weighted by Crippen LogP contribution is 2.24. The summed E-state index contributed by atoms with van der Waals surface area (Å²) in [7, 11) is 1.29. The molecule has 0 saturated carbocycles. The fourth-order valence-corrected chi connectivity index (χ4v) is 2.57. The highest BCUT2D eigenvalue weighted by atomic mass is 35.5. The van der Waals surface area contributed by atoms with E-state index in [0.717, 1.165) is 10.1 Å². The number of aryl methyl sites for hydroxylation is 1. The van der Waals surface area contributed by atoms with E-state index in [4.69, 9.17) is 21.6 Å². The molecule has 1 aromatic carbocycles. The van der Waals surface area contributed by atoms with Crippen LogP contribution in [0.25, 0.3) is 0 Å². The molecule has 6 nitrogen and oxygen atoms in total. The molecule has 0 fully saturated rings. The molecule has 0 aliphatic carbocycles. The summed E-state index contributed by atoms with van der Waals surface area (Å²) < 4.78 is 6.34. The molecular weight excluding hydrogens is 332 g/mol. The third kappa shape index (κ3) is 3.12. The number of ether oxygens (including phenoxy) is 1. The summed E-state index contributed by atoms with van der Waals surface area (Å²) >= 11 is 5.86. The Morgan fingerprint density at radius 2 is 2.08 bits per heavy atom. The average molecular weight is 347 g/mol. The SMILES string of the molecule is Cc1cc(Cl)ccc1OCC(=O)c1c(C)c(C#N)c(=O)n(C)c1O. The van der Waals surface area contributed by atoms with Crippen LogP contribution in [0, 0.1) is 25.2 Å². The minimum Gasteiger partial charge on any atom is -0.494 e. The normalized spacial score (nSPS) is 10.3. The van der Waals surface area contributed by atoms with Crippen molar-refractivity contribution in [2.75, 3.05) is 6.61 Å². The molecule has 1 aromatic heterocycles. The minimum atomic E-state index is -0.654. The number of carbonyl (C=O) groups excluding carboxylic acids is 1. The number of aromatic nitrogens is 1. The molecule has 0 aliphatic rings. The van der Waals surface area contributed by atoms with Gasteiger partial charge in [0.25, 0.3) is 5.56 Å². The maximum atomic E-state index is 12.4. The molecule has 24 heavy (non-hydrogen) atoms. The number of hydrogen-bond donors (Lipinski definition) is 1. The number of nitriles is 1. The van der Waals surface area contributed by atoms with Crippen LogP contribution in [0.3, 0.4) is 0 Å². The van der Waals surface area contributed by atoms with Gasteiger partial charge in [0.2, 0.25) is 11.7 Å². The first-order valence-electron chi connectivity index (χ1n) is 7.02. The number of rotatable bonds is 4. The van der Waals surface area contributed by atoms with E-state index in [2.05, 4.69) is 0 Å². The second-order valence-electron chi connectivity index (χ2n) is 5.30. The van der Waals surface area contributed by atoms with Crippen molar-refractivity contribution in [3.05, 3.63) is 55.8 Å². The molecule has 0 amide bonds. The highest BCUT2D eigenvalue weighted by molar-refractivity contribution is 6.30. The van der Waals surface area contributed by atoms with Gasteiger partial charge in [0.05, 0.1) is 5.56 Å². The van der Waals surface area contributed by atoms with E-state index >= 15 is 0 Å². The highest BCUT2D eigenvalue weighted by Gasteiger charge is 2.23. The number of halogens is 1. The lowest BCUT2D eigenvalue weighted by Crippen LogP contribution is -2.25. The number of hydrogen-bond acceptors (Lipinski definition) is 5. The predicted molar refractivity (Wildman–Crippen MR) is 88.8 cm³/mol. The molecule has 0 aliphatic heterocycles. The van der Waals surface area contributed by atoms with E-state index in [-0.39, 0.29) is 23.3 Å². The Bertz CT molecular complexity index is 926. The van der Waals surface area contributed by atoms with Gasteiger partial charge in [0.15, 0.2) is 6.61 Å². The lowest BCUT2D eigenvalue weighted by atomic mass is 10.0. The van der Waals surface area contributed by atoms with E-state index in [1.807, 2.05) is 0 Å². The first-order valence-corrected chi connectivity index (χ1v) is 7.40. The first-order chi connectivity index (χ1) is 11.3. The van der Waals surface area contributed by atoms with Crippen molar-refractivity contribution >= 4 is 17.4 Å². The van der Waals surface area contributed by atoms with Gasteiger partial charge in [-0.05, 0) is 43.2 Å². The van der Waals surface area contributed by atoms with Gasteiger partial charge in [-0.15, -0.1) is 0 Å². The topological polar surface area (TPSA) is 92.3 Å². The number of Topliss-reactive ketones (excluding diaryl/α,β-unsaturated/α-hetero) is 1. The smallest absolute Gasteiger partial charge is 0.271 e. The summed E-state index contributed by atoms with van der Waals surface area (Å²) in [4.78, 5) is 24.3. The van der Waals surface area contributed by atoms with Crippen LogP contribution in [-0.2, 0) is 7.05 Å². The summed E-state index contributed by atoms with van der Waals surface area (Å²) in [6, 6.07) is 6.74. The zero-order valence-electron chi connectivity index (χ0n) is 13.4. The Hall–Kier alpha value is -2.78. The minimum absolute atomic E-state index is 0.0970. The van der Waals surface area contributed by atoms with Crippen molar-refractivity contribution in [3.8, 4) is 17.7 Å². The molecule has 1 N–H and O–H groups in total. The summed E-state index contributed by atoms with van der Waals surface area (Å²) in [6.07, 6.45) is 0. The molecular formula is C17H15ClN2O4. The van der Waals surface area contributed by atoms with Crippen LogP contribution in [0.4, 0.5) is 0 Å². The van der Waals surface area contributed by atoms with Gasteiger partial charge in [0.1, 0.15) is 17.4 Å². The zero-order valence-corrected chi connectivity index (χ0v) is 14.1. The van der Waals surface area contributed by atoms with Crippen LogP contribution in [0.1, 0.15) is 27.0 Å². The van der Waals surface area contributed by atoms with Crippen LogP contribution >= 0.6 is 11.6 Å². The van der Waals surface area contributed by atoms with Crippen molar-refractivity contribution in [2.24, 2.45) is 7.05 Å².